The number of rotatable bonds is 3. The average Bonchev–Trinajstić information content (AvgIpc) is 2.92. The van der Waals surface area contributed by atoms with E-state index in [2.05, 4.69) is 26.2 Å². The third kappa shape index (κ3) is 3.32. The minimum atomic E-state index is -0.528. The lowest BCUT2D eigenvalue weighted by atomic mass is 10.2. The summed E-state index contributed by atoms with van der Waals surface area (Å²) in [5, 5.41) is 2.69. The summed E-state index contributed by atoms with van der Waals surface area (Å²) in [4.78, 5) is 29.9. The summed E-state index contributed by atoms with van der Waals surface area (Å²) in [6.07, 6.45) is 3.63. The van der Waals surface area contributed by atoms with Crippen LogP contribution >= 0.6 is 15.9 Å². The van der Waals surface area contributed by atoms with Gasteiger partial charge in [-0.2, -0.15) is 0 Å². The zero-order valence-electron chi connectivity index (χ0n) is 10.7. The van der Waals surface area contributed by atoms with Crippen LogP contribution in [0.5, 0.6) is 0 Å². The van der Waals surface area contributed by atoms with E-state index in [1.807, 2.05) is 0 Å². The molecule has 1 N–H and O–H groups in total. The number of nitrogens with zero attached hydrogens (tertiary/aromatic N) is 2. The molecule has 0 aromatic carbocycles. The predicted molar refractivity (Wildman–Crippen MR) is 74.7 cm³/mol. The van der Waals surface area contributed by atoms with E-state index in [0.717, 1.165) is 25.9 Å². The lowest BCUT2D eigenvalue weighted by Gasteiger charge is -2.21. The van der Waals surface area contributed by atoms with Crippen molar-refractivity contribution >= 4 is 27.7 Å². The van der Waals surface area contributed by atoms with Crippen molar-refractivity contribution < 1.29 is 9.59 Å². The molecular weight excluding hydrogens is 310 g/mol. The van der Waals surface area contributed by atoms with E-state index in [1.165, 1.54) is 0 Å². The van der Waals surface area contributed by atoms with E-state index in [0.29, 0.717) is 10.2 Å². The van der Waals surface area contributed by atoms with Crippen LogP contribution in [0.2, 0.25) is 0 Å². The van der Waals surface area contributed by atoms with E-state index in [9.17, 15) is 9.59 Å². The molecule has 1 aromatic rings. The van der Waals surface area contributed by atoms with Gasteiger partial charge in [0.25, 0.3) is 5.91 Å². The lowest BCUT2D eigenvalue weighted by molar-refractivity contribution is -0.131. The van der Waals surface area contributed by atoms with Gasteiger partial charge in [0.05, 0.1) is 0 Å². The molecule has 2 heterocycles. The SMILES string of the molecule is CC(NC(=O)c1ncccc1Br)C(=O)N1CCCC1. The lowest BCUT2D eigenvalue weighted by Crippen LogP contribution is -2.46. The van der Waals surface area contributed by atoms with Gasteiger partial charge in [-0.3, -0.25) is 9.59 Å². The summed E-state index contributed by atoms with van der Waals surface area (Å²) in [5.74, 6) is -0.370. The first kappa shape index (κ1) is 14.0. The number of aromatic nitrogens is 1. The van der Waals surface area contributed by atoms with Crippen LogP contribution in [0, 0.1) is 0 Å². The maximum absolute atomic E-state index is 12.1. The van der Waals surface area contributed by atoms with Gasteiger partial charge in [0, 0.05) is 23.8 Å². The number of hydrogen-bond donors (Lipinski definition) is 1. The van der Waals surface area contributed by atoms with Crippen molar-refractivity contribution in [1.29, 1.82) is 0 Å². The number of nitrogens with one attached hydrogen (secondary N) is 1. The summed E-state index contributed by atoms with van der Waals surface area (Å²) in [6.45, 7) is 3.27. The topological polar surface area (TPSA) is 62.3 Å². The van der Waals surface area contributed by atoms with Crippen molar-refractivity contribution in [1.82, 2.24) is 15.2 Å². The summed E-state index contributed by atoms with van der Waals surface area (Å²) in [6, 6.07) is 2.95. The summed E-state index contributed by atoms with van der Waals surface area (Å²) < 4.78 is 0.619. The van der Waals surface area contributed by atoms with E-state index in [1.54, 1.807) is 30.2 Å². The summed E-state index contributed by atoms with van der Waals surface area (Å²) in [5.41, 5.74) is 0.295. The van der Waals surface area contributed by atoms with E-state index in [-0.39, 0.29) is 11.8 Å². The molecule has 5 nitrogen and oxygen atoms in total. The Bertz CT molecular complexity index is 487. The Morgan fingerprint density at radius 2 is 2.11 bits per heavy atom. The second-order valence-electron chi connectivity index (χ2n) is 4.56. The fraction of sp³-hybridized carbons (Fsp3) is 0.462. The monoisotopic (exact) mass is 325 g/mol. The molecule has 2 rings (SSSR count). The maximum Gasteiger partial charge on any atom is 0.271 e. The van der Waals surface area contributed by atoms with Crippen LogP contribution in [-0.2, 0) is 4.79 Å². The Balaban J connectivity index is 1.98. The molecular formula is C13H16BrN3O2. The fourth-order valence-corrected chi connectivity index (χ4v) is 2.53. The molecule has 19 heavy (non-hydrogen) atoms. The average molecular weight is 326 g/mol. The molecule has 1 fully saturated rings. The van der Waals surface area contributed by atoms with Crippen LogP contribution in [0.15, 0.2) is 22.8 Å². The number of pyridine rings is 1. The normalized spacial score (nSPS) is 16.2. The molecule has 1 saturated heterocycles. The highest BCUT2D eigenvalue weighted by molar-refractivity contribution is 9.10. The first-order valence-electron chi connectivity index (χ1n) is 6.30. The molecule has 1 unspecified atom stereocenters. The van der Waals surface area contributed by atoms with Gasteiger partial charge in [-0.25, -0.2) is 4.98 Å². The van der Waals surface area contributed by atoms with E-state index >= 15 is 0 Å². The van der Waals surface area contributed by atoms with Gasteiger partial charge in [0.15, 0.2) is 0 Å². The van der Waals surface area contributed by atoms with Gasteiger partial charge < -0.3 is 10.2 Å². The molecule has 0 aliphatic carbocycles. The molecule has 1 aromatic heterocycles. The number of amides is 2. The Morgan fingerprint density at radius 3 is 2.74 bits per heavy atom. The van der Waals surface area contributed by atoms with Crippen LogP contribution in [-0.4, -0.2) is 40.8 Å². The second kappa shape index (κ2) is 6.14. The first-order chi connectivity index (χ1) is 9.09. The van der Waals surface area contributed by atoms with Crippen molar-refractivity contribution in [2.24, 2.45) is 0 Å². The number of likely N-dealkylation sites (tertiary alicyclic amines) is 1. The largest absolute Gasteiger partial charge is 0.341 e. The second-order valence-corrected chi connectivity index (χ2v) is 5.42. The Kier molecular flexibility index (Phi) is 4.52. The molecule has 1 aliphatic heterocycles. The fourth-order valence-electron chi connectivity index (χ4n) is 2.09. The molecule has 0 radical (unpaired) electrons. The minimum absolute atomic E-state index is 0.0297. The highest BCUT2D eigenvalue weighted by atomic mass is 79.9. The highest BCUT2D eigenvalue weighted by Gasteiger charge is 2.25. The standard InChI is InChI=1S/C13H16BrN3O2/c1-9(13(19)17-7-2-3-8-17)16-12(18)11-10(14)5-4-6-15-11/h4-6,9H,2-3,7-8H2,1H3,(H,16,18). The molecule has 0 spiro atoms. The highest BCUT2D eigenvalue weighted by Crippen LogP contribution is 2.14. The Labute approximate surface area is 120 Å². The number of hydrogen-bond acceptors (Lipinski definition) is 3. The van der Waals surface area contributed by atoms with Crippen molar-refractivity contribution in [3.05, 3.63) is 28.5 Å². The van der Waals surface area contributed by atoms with Gasteiger partial charge in [-0.15, -0.1) is 0 Å². The zero-order chi connectivity index (χ0) is 13.8. The molecule has 102 valence electrons. The van der Waals surface area contributed by atoms with Gasteiger partial charge in [-0.05, 0) is 47.8 Å². The van der Waals surface area contributed by atoms with E-state index < -0.39 is 6.04 Å². The van der Waals surface area contributed by atoms with Crippen molar-refractivity contribution in [2.75, 3.05) is 13.1 Å². The summed E-state index contributed by atoms with van der Waals surface area (Å²) >= 11 is 3.27. The predicted octanol–water partition coefficient (Wildman–Crippen LogP) is 1.58. The number of halogens is 1. The minimum Gasteiger partial charge on any atom is -0.341 e. The van der Waals surface area contributed by atoms with Crippen molar-refractivity contribution in [3.63, 3.8) is 0 Å². The quantitative estimate of drug-likeness (QED) is 0.917. The van der Waals surface area contributed by atoms with Crippen LogP contribution in [0.3, 0.4) is 0 Å². The third-order valence-electron chi connectivity index (χ3n) is 3.11. The number of carbonyl (C=O) groups is 2. The smallest absolute Gasteiger partial charge is 0.271 e. The maximum atomic E-state index is 12.1. The summed E-state index contributed by atoms with van der Waals surface area (Å²) in [7, 11) is 0. The van der Waals surface area contributed by atoms with Gasteiger partial charge >= 0.3 is 0 Å². The van der Waals surface area contributed by atoms with Gasteiger partial charge in [-0.1, -0.05) is 0 Å². The Hall–Kier alpha value is -1.43. The van der Waals surface area contributed by atoms with Crippen molar-refractivity contribution in [3.8, 4) is 0 Å². The van der Waals surface area contributed by atoms with Crippen LogP contribution in [0.25, 0.3) is 0 Å². The zero-order valence-corrected chi connectivity index (χ0v) is 12.3. The third-order valence-corrected chi connectivity index (χ3v) is 3.75. The van der Waals surface area contributed by atoms with Crippen molar-refractivity contribution in [2.45, 2.75) is 25.8 Å². The Morgan fingerprint density at radius 1 is 1.42 bits per heavy atom. The molecule has 0 bridgehead atoms. The van der Waals surface area contributed by atoms with Crippen LogP contribution < -0.4 is 5.32 Å². The van der Waals surface area contributed by atoms with Crippen LogP contribution in [0.4, 0.5) is 0 Å². The molecule has 1 atom stereocenters. The first-order valence-corrected chi connectivity index (χ1v) is 7.09. The van der Waals surface area contributed by atoms with E-state index in [4.69, 9.17) is 0 Å². The molecule has 6 heteroatoms. The van der Waals surface area contributed by atoms with Gasteiger partial charge in [0.1, 0.15) is 11.7 Å². The molecule has 1 aliphatic rings. The van der Waals surface area contributed by atoms with Gasteiger partial charge in [0.2, 0.25) is 5.91 Å². The molecule has 0 saturated carbocycles. The number of carbonyl (C=O) groups excluding carboxylic acids is 2. The van der Waals surface area contributed by atoms with Crippen LogP contribution in [0.1, 0.15) is 30.3 Å². The molecule has 2 amide bonds.